The molecule has 0 amide bonds. The number of aliphatic imine (C=N–C) groups is 1. The van der Waals surface area contributed by atoms with Gasteiger partial charge in [-0.15, -0.1) is 24.0 Å². The second-order valence-corrected chi connectivity index (χ2v) is 5.99. The normalized spacial score (nSPS) is 10.8. The highest BCUT2D eigenvalue weighted by Crippen LogP contribution is 2.32. The monoisotopic (exact) mass is 498 g/mol. The molecule has 1 aromatic heterocycles. The first-order chi connectivity index (χ1) is 13.3. The van der Waals surface area contributed by atoms with Crippen LogP contribution in [0.25, 0.3) is 0 Å². The van der Waals surface area contributed by atoms with E-state index in [0.717, 1.165) is 43.2 Å². The molecule has 2 aromatic rings. The van der Waals surface area contributed by atoms with Crippen molar-refractivity contribution in [2.45, 2.75) is 40.2 Å². The molecule has 2 rings (SSSR count). The topological polar surface area (TPSA) is 67.8 Å². The van der Waals surface area contributed by atoms with E-state index in [1.165, 1.54) is 0 Å². The number of ether oxygens (including phenoxy) is 2. The van der Waals surface area contributed by atoms with Gasteiger partial charge in [0.1, 0.15) is 0 Å². The number of guanidine groups is 1. The Balaban J connectivity index is 0.00000392. The second-order valence-electron chi connectivity index (χ2n) is 5.99. The van der Waals surface area contributed by atoms with E-state index in [0.29, 0.717) is 24.8 Å². The van der Waals surface area contributed by atoms with Crippen LogP contribution < -0.4 is 20.1 Å². The van der Waals surface area contributed by atoms with E-state index in [2.05, 4.69) is 41.4 Å². The predicted molar refractivity (Wildman–Crippen MR) is 125 cm³/mol. The van der Waals surface area contributed by atoms with Gasteiger partial charge < -0.3 is 20.1 Å². The smallest absolute Gasteiger partial charge is 0.224 e. The van der Waals surface area contributed by atoms with Gasteiger partial charge in [0.2, 0.25) is 5.88 Å². The van der Waals surface area contributed by atoms with Crippen LogP contribution in [-0.4, -0.2) is 30.6 Å². The number of halogens is 1. The van der Waals surface area contributed by atoms with Gasteiger partial charge in [-0.2, -0.15) is 0 Å². The minimum Gasteiger partial charge on any atom is -0.490 e. The van der Waals surface area contributed by atoms with Crippen LogP contribution in [0.4, 0.5) is 0 Å². The molecule has 0 unspecified atom stereocenters. The number of benzene rings is 1. The average Bonchev–Trinajstić information content (AvgIpc) is 2.70. The van der Waals surface area contributed by atoms with Crippen molar-refractivity contribution in [1.29, 1.82) is 0 Å². The van der Waals surface area contributed by atoms with Gasteiger partial charge in [0.15, 0.2) is 17.5 Å². The van der Waals surface area contributed by atoms with Crippen molar-refractivity contribution in [3.8, 4) is 17.4 Å². The summed E-state index contributed by atoms with van der Waals surface area (Å²) in [7, 11) is 0. The van der Waals surface area contributed by atoms with Crippen LogP contribution in [0, 0.1) is 0 Å². The van der Waals surface area contributed by atoms with Crippen molar-refractivity contribution in [2.24, 2.45) is 4.99 Å². The Bertz CT molecular complexity index is 725. The summed E-state index contributed by atoms with van der Waals surface area (Å²) >= 11 is 0. The molecular formula is C21H31IN4O2. The molecule has 0 spiro atoms. The van der Waals surface area contributed by atoms with Crippen LogP contribution in [0.1, 0.15) is 39.2 Å². The number of rotatable bonds is 10. The summed E-state index contributed by atoms with van der Waals surface area (Å²) in [6.07, 6.45) is 3.70. The number of hydrogen-bond donors (Lipinski definition) is 2. The Hall–Kier alpha value is -2.03. The van der Waals surface area contributed by atoms with E-state index >= 15 is 0 Å². The first-order valence-corrected chi connectivity index (χ1v) is 9.64. The Kier molecular flexibility index (Phi) is 12.0. The number of pyridine rings is 1. The molecule has 7 heteroatoms. The fourth-order valence-electron chi connectivity index (χ4n) is 2.36. The maximum absolute atomic E-state index is 6.06. The van der Waals surface area contributed by atoms with Crippen molar-refractivity contribution in [3.63, 3.8) is 0 Å². The second kappa shape index (κ2) is 14.0. The standard InChI is InChI=1S/C21H30N4O2.HI/c1-4-13-24-21(22-6-3)25-16-17-10-9-14-23-20(17)27-19-12-8-7-11-18(19)26-15-5-2;/h7-12,14H,4-6,13,15-16H2,1-3H3,(H2,22,24,25);1H. The van der Waals surface area contributed by atoms with Gasteiger partial charge >= 0.3 is 0 Å². The lowest BCUT2D eigenvalue weighted by atomic mass is 10.2. The van der Waals surface area contributed by atoms with Crippen LogP contribution in [0.2, 0.25) is 0 Å². The highest BCUT2D eigenvalue weighted by Gasteiger charge is 2.10. The van der Waals surface area contributed by atoms with Crippen LogP contribution in [0.15, 0.2) is 47.6 Å². The maximum Gasteiger partial charge on any atom is 0.224 e. The molecule has 1 heterocycles. The Morgan fingerprint density at radius 1 is 1.00 bits per heavy atom. The van der Waals surface area contributed by atoms with Crippen molar-refractivity contribution in [3.05, 3.63) is 48.2 Å². The third-order valence-corrected chi connectivity index (χ3v) is 3.66. The molecule has 0 saturated heterocycles. The molecule has 0 aliphatic carbocycles. The molecule has 1 aromatic carbocycles. The lowest BCUT2D eigenvalue weighted by molar-refractivity contribution is 0.300. The average molecular weight is 498 g/mol. The van der Waals surface area contributed by atoms with E-state index in [4.69, 9.17) is 9.47 Å². The fraction of sp³-hybridized carbons (Fsp3) is 0.429. The zero-order valence-corrected chi connectivity index (χ0v) is 19.2. The van der Waals surface area contributed by atoms with E-state index < -0.39 is 0 Å². The van der Waals surface area contributed by atoms with Gasteiger partial charge in [0.25, 0.3) is 0 Å². The van der Waals surface area contributed by atoms with Crippen molar-refractivity contribution in [2.75, 3.05) is 19.7 Å². The Morgan fingerprint density at radius 2 is 1.79 bits per heavy atom. The summed E-state index contributed by atoms with van der Waals surface area (Å²) in [6, 6.07) is 11.5. The molecule has 6 nitrogen and oxygen atoms in total. The SMILES string of the molecule is CCCNC(=NCc1cccnc1Oc1ccccc1OCCC)NCC.I. The molecule has 0 fully saturated rings. The lowest BCUT2D eigenvalue weighted by Crippen LogP contribution is -2.37. The minimum atomic E-state index is 0. The number of para-hydroxylation sites is 2. The van der Waals surface area contributed by atoms with Gasteiger partial charge in [-0.3, -0.25) is 0 Å². The van der Waals surface area contributed by atoms with Gasteiger partial charge in [-0.25, -0.2) is 9.98 Å². The Labute approximate surface area is 185 Å². The highest BCUT2D eigenvalue weighted by molar-refractivity contribution is 14.0. The first-order valence-electron chi connectivity index (χ1n) is 9.64. The summed E-state index contributed by atoms with van der Waals surface area (Å²) in [6.45, 7) is 9.07. The summed E-state index contributed by atoms with van der Waals surface area (Å²) in [4.78, 5) is 9.03. The van der Waals surface area contributed by atoms with Gasteiger partial charge in [-0.05, 0) is 38.0 Å². The van der Waals surface area contributed by atoms with E-state index in [-0.39, 0.29) is 24.0 Å². The number of nitrogens with one attached hydrogen (secondary N) is 2. The van der Waals surface area contributed by atoms with Crippen LogP contribution >= 0.6 is 24.0 Å². The van der Waals surface area contributed by atoms with Crippen molar-refractivity contribution < 1.29 is 9.47 Å². The molecule has 0 radical (unpaired) electrons. The molecule has 0 aliphatic heterocycles. The van der Waals surface area contributed by atoms with Gasteiger partial charge in [0.05, 0.1) is 13.2 Å². The first kappa shape index (κ1) is 24.0. The van der Waals surface area contributed by atoms with E-state index in [1.54, 1.807) is 6.20 Å². The maximum atomic E-state index is 6.06. The molecule has 154 valence electrons. The summed E-state index contributed by atoms with van der Waals surface area (Å²) in [5, 5.41) is 6.55. The Morgan fingerprint density at radius 3 is 2.50 bits per heavy atom. The third-order valence-electron chi connectivity index (χ3n) is 3.66. The minimum absolute atomic E-state index is 0. The summed E-state index contributed by atoms with van der Waals surface area (Å²) in [5.41, 5.74) is 0.913. The summed E-state index contributed by atoms with van der Waals surface area (Å²) < 4.78 is 11.8. The molecule has 0 saturated carbocycles. The van der Waals surface area contributed by atoms with Crippen LogP contribution in [0.3, 0.4) is 0 Å². The molecule has 0 bridgehead atoms. The van der Waals surface area contributed by atoms with E-state index in [9.17, 15) is 0 Å². The predicted octanol–water partition coefficient (Wildman–Crippen LogP) is 4.75. The summed E-state index contributed by atoms with van der Waals surface area (Å²) in [5.74, 6) is 2.71. The molecule has 2 N–H and O–H groups in total. The van der Waals surface area contributed by atoms with Gasteiger partial charge in [0, 0.05) is 24.8 Å². The number of hydrogen-bond acceptors (Lipinski definition) is 4. The van der Waals surface area contributed by atoms with Crippen molar-refractivity contribution in [1.82, 2.24) is 15.6 Å². The highest BCUT2D eigenvalue weighted by atomic mass is 127. The fourth-order valence-corrected chi connectivity index (χ4v) is 2.36. The molecule has 28 heavy (non-hydrogen) atoms. The molecule has 0 atom stereocenters. The van der Waals surface area contributed by atoms with Crippen molar-refractivity contribution >= 4 is 29.9 Å². The third kappa shape index (κ3) is 7.92. The number of nitrogens with zero attached hydrogens (tertiary/aromatic N) is 2. The zero-order valence-electron chi connectivity index (χ0n) is 16.9. The van der Waals surface area contributed by atoms with Gasteiger partial charge in [-0.1, -0.05) is 32.0 Å². The van der Waals surface area contributed by atoms with E-state index in [1.807, 2.05) is 36.4 Å². The molecular weight excluding hydrogens is 467 g/mol. The lowest BCUT2D eigenvalue weighted by Gasteiger charge is -2.14. The zero-order chi connectivity index (χ0) is 19.3. The number of aromatic nitrogens is 1. The van der Waals surface area contributed by atoms with Crippen LogP contribution in [0.5, 0.6) is 17.4 Å². The quantitative estimate of drug-likeness (QED) is 0.281. The van der Waals surface area contributed by atoms with Crippen LogP contribution in [-0.2, 0) is 6.54 Å². The molecule has 0 aliphatic rings. The largest absolute Gasteiger partial charge is 0.490 e.